The maximum absolute atomic E-state index is 12.7. The van der Waals surface area contributed by atoms with Crippen LogP contribution in [0.2, 0.25) is 0 Å². The first-order valence-electron chi connectivity index (χ1n) is 9.16. The molecule has 0 radical (unpaired) electrons. The molecule has 0 bridgehead atoms. The van der Waals surface area contributed by atoms with Crippen LogP contribution in [0.3, 0.4) is 0 Å². The second kappa shape index (κ2) is 9.14. The second-order valence-corrected chi connectivity index (χ2v) is 6.88. The van der Waals surface area contributed by atoms with E-state index in [1.165, 1.54) is 7.11 Å². The lowest BCUT2D eigenvalue weighted by Crippen LogP contribution is -2.63. The molecule has 1 aliphatic rings. The van der Waals surface area contributed by atoms with Gasteiger partial charge in [-0.25, -0.2) is 0 Å². The molecule has 1 aromatic carbocycles. The Morgan fingerprint density at radius 1 is 1.27 bits per heavy atom. The van der Waals surface area contributed by atoms with Gasteiger partial charge in [0.2, 0.25) is 5.91 Å². The number of hydrogen-bond donors (Lipinski definition) is 0. The standard InChI is InChI=1S/C20H30N2O4/c1-5-18(23)22(16-9-7-6-8-10-16)17-11-13-21(14-12-19(24)25-3)15-20(17,2)26-4/h6-10,17H,5,11-15H2,1-4H3/t17-,20-/m1/s1. The van der Waals surface area contributed by atoms with Crippen molar-refractivity contribution in [3.05, 3.63) is 30.3 Å². The summed E-state index contributed by atoms with van der Waals surface area (Å²) in [5.74, 6) is -0.120. The van der Waals surface area contributed by atoms with Gasteiger partial charge in [-0.05, 0) is 25.5 Å². The normalized spacial score (nSPS) is 23.5. The Morgan fingerprint density at radius 2 is 1.96 bits per heavy atom. The number of esters is 1. The van der Waals surface area contributed by atoms with E-state index in [1.54, 1.807) is 7.11 Å². The first-order chi connectivity index (χ1) is 12.4. The van der Waals surface area contributed by atoms with Gasteiger partial charge in [0.25, 0.3) is 0 Å². The largest absolute Gasteiger partial charge is 0.469 e. The molecule has 1 fully saturated rings. The first-order valence-corrected chi connectivity index (χ1v) is 9.16. The van der Waals surface area contributed by atoms with Crippen molar-refractivity contribution in [2.45, 2.75) is 44.8 Å². The number of hydrogen-bond acceptors (Lipinski definition) is 5. The number of anilines is 1. The molecule has 26 heavy (non-hydrogen) atoms. The number of methoxy groups -OCH3 is 2. The molecular formula is C20H30N2O4. The van der Waals surface area contributed by atoms with Gasteiger partial charge in [0, 0.05) is 38.9 Å². The lowest BCUT2D eigenvalue weighted by Gasteiger charge is -2.49. The molecule has 0 aromatic heterocycles. The summed E-state index contributed by atoms with van der Waals surface area (Å²) in [7, 11) is 3.10. The van der Waals surface area contributed by atoms with Crippen LogP contribution in [-0.4, -0.2) is 62.3 Å². The second-order valence-electron chi connectivity index (χ2n) is 6.88. The molecule has 144 valence electrons. The minimum Gasteiger partial charge on any atom is -0.469 e. The Morgan fingerprint density at radius 3 is 2.54 bits per heavy atom. The SMILES string of the molecule is CCC(=O)N(c1ccccc1)[C@@H]1CCN(CCC(=O)OC)C[C@@]1(C)OC. The molecule has 1 saturated heterocycles. The third kappa shape index (κ3) is 4.62. The van der Waals surface area contributed by atoms with Gasteiger partial charge in [-0.2, -0.15) is 0 Å². The van der Waals surface area contributed by atoms with E-state index in [0.29, 0.717) is 25.9 Å². The maximum atomic E-state index is 12.7. The van der Waals surface area contributed by atoms with Crippen LogP contribution in [0.5, 0.6) is 0 Å². The molecule has 0 aliphatic carbocycles. The highest BCUT2D eigenvalue weighted by Crippen LogP contribution is 2.33. The summed E-state index contributed by atoms with van der Waals surface area (Å²) < 4.78 is 10.6. The fraction of sp³-hybridized carbons (Fsp3) is 0.600. The molecule has 0 saturated carbocycles. The molecule has 6 nitrogen and oxygen atoms in total. The van der Waals surface area contributed by atoms with Crippen LogP contribution >= 0.6 is 0 Å². The maximum Gasteiger partial charge on any atom is 0.306 e. The first kappa shape index (κ1) is 20.4. The van der Waals surface area contributed by atoms with E-state index in [2.05, 4.69) is 4.90 Å². The Kier molecular flexibility index (Phi) is 7.17. The number of likely N-dealkylation sites (tertiary alicyclic amines) is 1. The molecule has 0 spiro atoms. The number of amides is 1. The van der Waals surface area contributed by atoms with Gasteiger partial charge in [0.15, 0.2) is 0 Å². The zero-order valence-corrected chi connectivity index (χ0v) is 16.2. The Labute approximate surface area is 156 Å². The summed E-state index contributed by atoms with van der Waals surface area (Å²) in [6, 6.07) is 9.71. The van der Waals surface area contributed by atoms with Crippen LogP contribution < -0.4 is 4.90 Å². The van der Waals surface area contributed by atoms with Gasteiger partial charge < -0.3 is 14.4 Å². The van der Waals surface area contributed by atoms with Crippen LogP contribution in [-0.2, 0) is 19.1 Å². The predicted octanol–water partition coefficient (Wildman–Crippen LogP) is 2.47. The average Bonchev–Trinajstić information content (AvgIpc) is 2.68. The highest BCUT2D eigenvalue weighted by molar-refractivity contribution is 5.94. The average molecular weight is 362 g/mol. The van der Waals surface area contributed by atoms with Crippen LogP contribution in [0.4, 0.5) is 5.69 Å². The van der Waals surface area contributed by atoms with Gasteiger partial charge >= 0.3 is 5.97 Å². The zero-order chi connectivity index (χ0) is 19.2. The van der Waals surface area contributed by atoms with Gasteiger partial charge in [0.1, 0.15) is 0 Å². The van der Waals surface area contributed by atoms with Crippen molar-refractivity contribution in [3.63, 3.8) is 0 Å². The molecule has 0 unspecified atom stereocenters. The van der Waals surface area contributed by atoms with E-state index in [-0.39, 0.29) is 17.9 Å². The minimum absolute atomic E-state index is 0.0586. The van der Waals surface area contributed by atoms with E-state index in [1.807, 2.05) is 49.1 Å². The zero-order valence-electron chi connectivity index (χ0n) is 16.2. The monoisotopic (exact) mass is 362 g/mol. The van der Waals surface area contributed by atoms with Crippen LogP contribution in [0.25, 0.3) is 0 Å². The molecule has 1 aromatic rings. The predicted molar refractivity (Wildman–Crippen MR) is 101 cm³/mol. The fourth-order valence-electron chi connectivity index (χ4n) is 3.64. The number of piperidine rings is 1. The Balaban J connectivity index is 2.21. The van der Waals surface area contributed by atoms with Crippen molar-refractivity contribution in [3.8, 4) is 0 Å². The summed E-state index contributed by atoms with van der Waals surface area (Å²) in [5, 5.41) is 0. The van der Waals surface area contributed by atoms with Crippen LogP contribution in [0.15, 0.2) is 30.3 Å². The van der Waals surface area contributed by atoms with Gasteiger partial charge in [-0.1, -0.05) is 25.1 Å². The minimum atomic E-state index is -0.519. The number of para-hydroxylation sites is 1. The van der Waals surface area contributed by atoms with Gasteiger partial charge in [0.05, 0.1) is 25.2 Å². The molecule has 6 heteroatoms. The highest BCUT2D eigenvalue weighted by Gasteiger charge is 2.44. The van der Waals surface area contributed by atoms with Crippen LogP contribution in [0.1, 0.15) is 33.1 Å². The van der Waals surface area contributed by atoms with E-state index in [9.17, 15) is 9.59 Å². The number of carbonyl (C=O) groups excluding carboxylic acids is 2. The molecule has 2 rings (SSSR count). The van der Waals surface area contributed by atoms with Gasteiger partial charge in [-0.3, -0.25) is 14.5 Å². The van der Waals surface area contributed by atoms with Crippen molar-refractivity contribution < 1.29 is 19.1 Å². The number of ether oxygens (including phenoxy) is 2. The number of nitrogens with zero attached hydrogens (tertiary/aromatic N) is 2. The van der Waals surface area contributed by atoms with Crippen molar-refractivity contribution >= 4 is 17.6 Å². The molecule has 1 heterocycles. The number of carbonyl (C=O) groups is 2. The van der Waals surface area contributed by atoms with Crippen molar-refractivity contribution in [2.75, 3.05) is 38.8 Å². The van der Waals surface area contributed by atoms with E-state index >= 15 is 0 Å². The summed E-state index contributed by atoms with van der Waals surface area (Å²) in [6.45, 7) is 6.02. The quantitative estimate of drug-likeness (QED) is 0.698. The summed E-state index contributed by atoms with van der Waals surface area (Å²) in [6.07, 6.45) is 1.58. The third-order valence-corrected chi connectivity index (χ3v) is 5.20. The molecule has 2 atom stereocenters. The Bertz CT molecular complexity index is 607. The summed E-state index contributed by atoms with van der Waals surface area (Å²) in [4.78, 5) is 28.3. The van der Waals surface area contributed by atoms with E-state index < -0.39 is 5.60 Å². The van der Waals surface area contributed by atoms with Crippen molar-refractivity contribution in [1.29, 1.82) is 0 Å². The lowest BCUT2D eigenvalue weighted by molar-refractivity contribution is -0.141. The lowest BCUT2D eigenvalue weighted by atomic mass is 9.86. The third-order valence-electron chi connectivity index (χ3n) is 5.20. The van der Waals surface area contributed by atoms with E-state index in [0.717, 1.165) is 18.7 Å². The van der Waals surface area contributed by atoms with E-state index in [4.69, 9.17) is 9.47 Å². The van der Waals surface area contributed by atoms with Crippen LogP contribution in [0, 0.1) is 0 Å². The summed E-state index contributed by atoms with van der Waals surface area (Å²) in [5.41, 5.74) is 0.380. The molecule has 0 N–H and O–H groups in total. The topological polar surface area (TPSA) is 59.1 Å². The summed E-state index contributed by atoms with van der Waals surface area (Å²) >= 11 is 0. The van der Waals surface area contributed by atoms with Gasteiger partial charge in [-0.15, -0.1) is 0 Å². The highest BCUT2D eigenvalue weighted by atomic mass is 16.5. The smallest absolute Gasteiger partial charge is 0.306 e. The molecule has 1 amide bonds. The molecule has 1 aliphatic heterocycles. The fourth-order valence-corrected chi connectivity index (χ4v) is 3.64. The number of rotatable bonds is 7. The number of benzene rings is 1. The Hall–Kier alpha value is -1.92. The van der Waals surface area contributed by atoms with Crippen molar-refractivity contribution in [2.24, 2.45) is 0 Å². The molecular weight excluding hydrogens is 332 g/mol. The van der Waals surface area contributed by atoms with Crippen molar-refractivity contribution in [1.82, 2.24) is 4.90 Å².